The molecular formula is C25H30N12O8S2. The number of tetrazole rings is 1. The molecule has 3 atom stereocenters. The van der Waals surface area contributed by atoms with Gasteiger partial charge in [-0.15, -0.1) is 26.6 Å². The van der Waals surface area contributed by atoms with Crippen LogP contribution in [0.2, 0.25) is 0 Å². The molecule has 8 N–H and O–H groups in total. The molecule has 5 heterocycles. The molecule has 3 aromatic heterocycles. The lowest BCUT2D eigenvalue weighted by Crippen LogP contribution is -2.79. The van der Waals surface area contributed by atoms with Crippen LogP contribution < -0.4 is 26.4 Å². The molecule has 22 heteroatoms. The summed E-state index contributed by atoms with van der Waals surface area (Å²) in [6, 6.07) is 8.49. The van der Waals surface area contributed by atoms with Crippen LogP contribution in [0.1, 0.15) is 31.5 Å². The van der Waals surface area contributed by atoms with Crippen molar-refractivity contribution >= 4 is 55.2 Å². The molecule has 2 unspecified atom stereocenters. The number of aromatic nitrogens is 6. The van der Waals surface area contributed by atoms with E-state index in [0.717, 1.165) is 41.1 Å². The van der Waals surface area contributed by atoms with Gasteiger partial charge in [-0.2, -0.15) is 17.9 Å². The lowest BCUT2D eigenvalue weighted by Gasteiger charge is -2.55. The van der Waals surface area contributed by atoms with E-state index in [1.807, 2.05) is 24.3 Å². The topological polar surface area (TPSA) is 277 Å². The van der Waals surface area contributed by atoms with Crippen LogP contribution in [-0.4, -0.2) is 109 Å². The van der Waals surface area contributed by atoms with E-state index in [-0.39, 0.29) is 29.0 Å². The van der Waals surface area contributed by atoms with Crippen LogP contribution in [0.3, 0.4) is 0 Å². The summed E-state index contributed by atoms with van der Waals surface area (Å²) >= 11 is 1.05. The lowest BCUT2D eigenvalue weighted by atomic mass is 9.83. The lowest BCUT2D eigenvalue weighted by molar-refractivity contribution is -0.317. The molecule has 2 fully saturated rings. The summed E-state index contributed by atoms with van der Waals surface area (Å²) < 4.78 is 41.9. The average Bonchev–Trinajstić information content (AvgIpc) is 3.70. The standard InChI is InChI=1S/C25H30N12O8S2/c1-25(2)20(23(39)37(25)45-47(40,41)42)31-22(38)19(16-11-46-24(26)30-16)34-44-17(21-32-35-36-33-21)10-43-14-4-5-15-12(7-14)3-6-18(29-15)28-13-8-27-9-13/h3-7,11,13,17,20,23,27,39H,8-10H2,1-2H3,(H2,26,30)(H,28,29)(H,31,38)(H,40,41,42)(H,32,33,35,36)/b34-19-/t17?,20-,23?/m1/s1. The molecule has 2 saturated heterocycles. The molecule has 1 amide bonds. The third kappa shape index (κ3) is 7.22. The maximum atomic E-state index is 13.5. The molecule has 0 saturated carbocycles. The Morgan fingerprint density at radius 2 is 2.09 bits per heavy atom. The largest absolute Gasteiger partial charge is 0.489 e. The second-order valence-corrected chi connectivity index (χ2v) is 13.0. The van der Waals surface area contributed by atoms with Crippen LogP contribution in [0, 0.1) is 0 Å². The van der Waals surface area contributed by atoms with Crippen molar-refractivity contribution in [2.45, 2.75) is 43.8 Å². The maximum Gasteiger partial charge on any atom is 0.413 e. The quantitative estimate of drug-likeness (QED) is 0.0521. The summed E-state index contributed by atoms with van der Waals surface area (Å²) in [6.07, 6.45) is -2.70. The second kappa shape index (κ2) is 12.9. The first-order valence-corrected chi connectivity index (χ1v) is 16.3. The maximum absolute atomic E-state index is 13.5. The molecular weight excluding hydrogens is 660 g/mol. The first-order valence-electron chi connectivity index (χ1n) is 14.0. The van der Waals surface area contributed by atoms with Gasteiger partial charge in [0.25, 0.3) is 5.91 Å². The Balaban J connectivity index is 1.18. The van der Waals surface area contributed by atoms with Gasteiger partial charge in [0.2, 0.25) is 11.9 Å². The number of nitrogen functional groups attached to an aromatic ring is 1. The second-order valence-electron chi connectivity index (χ2n) is 11.1. The number of hydrogen-bond acceptors (Lipinski definition) is 18. The number of rotatable bonds is 13. The summed E-state index contributed by atoms with van der Waals surface area (Å²) in [5.74, 6) is 0.494. The van der Waals surface area contributed by atoms with Gasteiger partial charge < -0.3 is 36.4 Å². The van der Waals surface area contributed by atoms with Gasteiger partial charge in [-0.25, -0.2) is 9.97 Å². The van der Waals surface area contributed by atoms with E-state index in [9.17, 15) is 18.3 Å². The van der Waals surface area contributed by atoms with Crippen LogP contribution >= 0.6 is 11.3 Å². The van der Waals surface area contributed by atoms with Crippen molar-refractivity contribution in [3.63, 3.8) is 0 Å². The van der Waals surface area contributed by atoms with Gasteiger partial charge in [-0.1, -0.05) is 10.4 Å². The highest BCUT2D eigenvalue weighted by atomic mass is 32.3. The number of anilines is 2. The number of amides is 1. The van der Waals surface area contributed by atoms with E-state index in [2.05, 4.69) is 56.0 Å². The van der Waals surface area contributed by atoms with Crippen molar-refractivity contribution in [2.75, 3.05) is 30.7 Å². The van der Waals surface area contributed by atoms with E-state index in [4.69, 9.17) is 19.9 Å². The first-order chi connectivity index (χ1) is 22.4. The van der Waals surface area contributed by atoms with Crippen molar-refractivity contribution in [1.29, 1.82) is 0 Å². The Kier molecular flexibility index (Phi) is 8.88. The summed E-state index contributed by atoms with van der Waals surface area (Å²) in [7, 11) is -4.93. The van der Waals surface area contributed by atoms with Crippen LogP contribution in [0.15, 0.2) is 40.9 Å². The van der Waals surface area contributed by atoms with Gasteiger partial charge >= 0.3 is 10.4 Å². The van der Waals surface area contributed by atoms with Crippen molar-refractivity contribution in [1.82, 2.24) is 46.3 Å². The number of benzene rings is 1. The highest BCUT2D eigenvalue weighted by Gasteiger charge is 2.58. The first kappa shape index (κ1) is 32.4. The zero-order chi connectivity index (χ0) is 33.3. The summed E-state index contributed by atoms with van der Waals surface area (Å²) in [5.41, 5.74) is 5.01. The molecule has 2 aliphatic rings. The Labute approximate surface area is 270 Å². The molecule has 0 bridgehead atoms. The minimum Gasteiger partial charge on any atom is -0.489 e. The number of aliphatic hydroxyl groups is 1. The number of pyridine rings is 1. The summed E-state index contributed by atoms with van der Waals surface area (Å²) in [5, 5.41) is 40.6. The van der Waals surface area contributed by atoms with Gasteiger partial charge in [0.15, 0.2) is 17.1 Å². The average molecular weight is 691 g/mol. The Morgan fingerprint density at radius 1 is 1.28 bits per heavy atom. The number of nitrogens with one attached hydrogen (secondary N) is 4. The zero-order valence-corrected chi connectivity index (χ0v) is 26.4. The number of carbonyl (C=O) groups is 1. The fourth-order valence-electron chi connectivity index (χ4n) is 4.82. The van der Waals surface area contributed by atoms with Crippen molar-refractivity contribution in [2.24, 2.45) is 5.16 Å². The van der Waals surface area contributed by atoms with E-state index in [0.29, 0.717) is 16.9 Å². The number of nitrogens with two attached hydrogens (primary N) is 1. The van der Waals surface area contributed by atoms with E-state index < -0.39 is 40.2 Å². The highest BCUT2D eigenvalue weighted by molar-refractivity contribution is 7.80. The smallest absolute Gasteiger partial charge is 0.413 e. The Bertz CT molecular complexity index is 1880. The fraction of sp³-hybridized carbons (Fsp3) is 0.400. The number of nitrogens with zero attached hydrogens (tertiary/aromatic N) is 7. The van der Waals surface area contributed by atoms with Gasteiger partial charge in [-0.3, -0.25) is 9.35 Å². The molecule has 20 nitrogen and oxygen atoms in total. The number of oxime groups is 1. The number of ether oxygens (including phenoxy) is 1. The van der Waals surface area contributed by atoms with Crippen LogP contribution in [0.25, 0.3) is 10.9 Å². The van der Waals surface area contributed by atoms with E-state index in [1.54, 1.807) is 6.07 Å². The predicted octanol–water partition coefficient (Wildman–Crippen LogP) is -0.657. The van der Waals surface area contributed by atoms with Gasteiger partial charge in [0.05, 0.1) is 23.1 Å². The molecule has 0 spiro atoms. The predicted molar refractivity (Wildman–Crippen MR) is 165 cm³/mol. The number of hydrogen-bond donors (Lipinski definition) is 7. The SMILES string of the molecule is CC1(C)[C@H](NC(=O)/C(=N\OC(COc2ccc3nc(NC4CNC4)ccc3c2)c2nn[nH]n2)c2csc(N)n2)C(O)N1OS(=O)(=O)O. The zero-order valence-electron chi connectivity index (χ0n) is 24.8. The minimum atomic E-state index is -4.93. The van der Waals surface area contributed by atoms with Crippen LogP contribution in [0.4, 0.5) is 10.9 Å². The fourth-order valence-corrected chi connectivity index (χ4v) is 5.85. The van der Waals surface area contributed by atoms with Crippen LogP contribution in [-0.2, 0) is 24.3 Å². The summed E-state index contributed by atoms with van der Waals surface area (Å²) in [4.78, 5) is 27.9. The number of carbonyl (C=O) groups excluding carboxylic acids is 1. The monoisotopic (exact) mass is 690 g/mol. The number of fused-ring (bicyclic) bond motifs is 1. The third-order valence-electron chi connectivity index (χ3n) is 7.42. The van der Waals surface area contributed by atoms with Crippen LogP contribution in [0.5, 0.6) is 5.75 Å². The molecule has 4 aromatic rings. The van der Waals surface area contributed by atoms with Crippen molar-refractivity contribution < 1.29 is 36.7 Å². The molecule has 1 aromatic carbocycles. The normalized spacial score (nSPS) is 20.6. The number of H-pyrrole nitrogens is 1. The molecule has 2 aliphatic heterocycles. The molecule has 47 heavy (non-hydrogen) atoms. The van der Waals surface area contributed by atoms with Gasteiger partial charge in [0, 0.05) is 23.9 Å². The Morgan fingerprint density at radius 3 is 2.72 bits per heavy atom. The third-order valence-corrected chi connectivity index (χ3v) is 8.45. The van der Waals surface area contributed by atoms with E-state index >= 15 is 0 Å². The molecule has 250 valence electrons. The minimum absolute atomic E-state index is 0.0555. The van der Waals surface area contributed by atoms with E-state index in [1.165, 1.54) is 19.2 Å². The molecule has 0 aliphatic carbocycles. The van der Waals surface area contributed by atoms with Gasteiger partial charge in [-0.05, 0) is 44.2 Å². The van der Waals surface area contributed by atoms with Crippen molar-refractivity contribution in [3.05, 3.63) is 47.2 Å². The number of thiazole rings is 1. The molecule has 0 radical (unpaired) electrons. The van der Waals surface area contributed by atoms with Crippen molar-refractivity contribution in [3.8, 4) is 5.75 Å². The number of aliphatic hydroxyl groups excluding tert-OH is 1. The highest BCUT2D eigenvalue weighted by Crippen LogP contribution is 2.36. The number of hydroxylamine groups is 2. The number of aromatic amines is 1. The van der Waals surface area contributed by atoms with Gasteiger partial charge in [0.1, 0.15) is 23.9 Å². The summed E-state index contributed by atoms with van der Waals surface area (Å²) in [6.45, 7) is 4.57. The molecule has 6 rings (SSSR count). The Hall–Kier alpha value is -4.58.